The van der Waals surface area contributed by atoms with Gasteiger partial charge in [0.15, 0.2) is 0 Å². The molecule has 11 heteroatoms. The zero-order valence-corrected chi connectivity index (χ0v) is 18.0. The molecule has 1 heterocycles. The number of ether oxygens (including phenoxy) is 1. The van der Waals surface area contributed by atoms with Gasteiger partial charge in [0.2, 0.25) is 5.91 Å². The average Bonchev–Trinajstić information content (AvgIpc) is 3.14. The number of carbonyl (C=O) groups is 2. The van der Waals surface area contributed by atoms with Crippen LogP contribution in [0.3, 0.4) is 0 Å². The lowest BCUT2D eigenvalue weighted by atomic mass is 10.0. The lowest BCUT2D eigenvalue weighted by molar-refractivity contribution is -0.125. The van der Waals surface area contributed by atoms with Crippen molar-refractivity contribution in [2.24, 2.45) is 0 Å². The highest BCUT2D eigenvalue weighted by molar-refractivity contribution is 5.75. The van der Waals surface area contributed by atoms with E-state index in [0.29, 0.717) is 18.7 Å². The number of unbranched alkanes of at least 4 members (excludes halogenated alkanes) is 2. The van der Waals surface area contributed by atoms with Crippen molar-refractivity contribution in [3.05, 3.63) is 11.9 Å². The molecule has 11 nitrogen and oxygen atoms in total. The number of aliphatic hydroxyl groups excluding tert-OH is 3. The number of rotatable bonds is 16. The molecule has 4 atom stereocenters. The van der Waals surface area contributed by atoms with Crippen LogP contribution in [-0.4, -0.2) is 86.6 Å². The van der Waals surface area contributed by atoms with Gasteiger partial charge >= 0.3 is 0 Å². The highest BCUT2D eigenvalue weighted by Gasteiger charge is 2.33. The Balaban J connectivity index is 2.51. The summed E-state index contributed by atoms with van der Waals surface area (Å²) in [4.78, 5) is 22.5. The molecule has 1 aromatic rings. The second-order valence-corrected chi connectivity index (χ2v) is 7.36. The summed E-state index contributed by atoms with van der Waals surface area (Å²) >= 11 is 0. The van der Waals surface area contributed by atoms with Crippen LogP contribution in [0.25, 0.3) is 0 Å². The van der Waals surface area contributed by atoms with Gasteiger partial charge in [-0.15, -0.1) is 5.10 Å². The topological polar surface area (TPSA) is 159 Å². The minimum atomic E-state index is -1.39. The zero-order chi connectivity index (χ0) is 22.5. The highest BCUT2D eigenvalue weighted by Crippen LogP contribution is 2.09. The van der Waals surface area contributed by atoms with Gasteiger partial charge in [0.1, 0.15) is 24.1 Å². The number of ketones is 1. The van der Waals surface area contributed by atoms with Crippen LogP contribution in [0.2, 0.25) is 0 Å². The minimum absolute atomic E-state index is 0.204. The van der Waals surface area contributed by atoms with Crippen LogP contribution in [-0.2, 0) is 27.4 Å². The quantitative estimate of drug-likeness (QED) is 0.202. The molecule has 5 N–H and O–H groups in total. The number of aliphatic hydroxyl groups is 3. The number of methoxy groups -OCH3 is 1. The fourth-order valence-electron chi connectivity index (χ4n) is 3.09. The Morgan fingerprint density at radius 2 is 1.97 bits per heavy atom. The number of aromatic nitrogens is 3. The van der Waals surface area contributed by atoms with Gasteiger partial charge in [-0.2, -0.15) is 0 Å². The van der Waals surface area contributed by atoms with E-state index in [1.807, 2.05) is 6.20 Å². The maximum Gasteiger partial charge on any atom is 0.217 e. The molecule has 0 spiro atoms. The second-order valence-electron chi connectivity index (χ2n) is 7.36. The van der Waals surface area contributed by atoms with E-state index in [9.17, 15) is 19.8 Å². The van der Waals surface area contributed by atoms with E-state index in [1.165, 1.54) is 14.0 Å². The molecule has 0 aliphatic rings. The van der Waals surface area contributed by atoms with Crippen molar-refractivity contribution in [3.63, 3.8) is 0 Å². The molecule has 0 aliphatic carbocycles. The molecule has 172 valence electrons. The second kappa shape index (κ2) is 14.1. The zero-order valence-electron chi connectivity index (χ0n) is 18.0. The van der Waals surface area contributed by atoms with Crippen molar-refractivity contribution < 1.29 is 29.6 Å². The number of aryl methyl sites for hydroxylation is 1. The molecule has 1 rings (SSSR count). The summed E-state index contributed by atoms with van der Waals surface area (Å²) in [5, 5.41) is 42.9. The third-order valence-electron chi connectivity index (χ3n) is 4.65. The first-order valence-electron chi connectivity index (χ1n) is 10.1. The van der Waals surface area contributed by atoms with Crippen molar-refractivity contribution in [3.8, 4) is 0 Å². The standard InChI is InChI=1S/C19H35N5O6/c1-13(26)7-5-4-6-8-24-11-15(22-23-24)9-20-10-16(21-14(2)27)19(30-3)18(29)17(28)12-25/h11,16-20,25,28-29H,4-10,12H2,1-3H3,(H,21,27)/t16?,17?,18-,19-/m1/s1. The summed E-state index contributed by atoms with van der Waals surface area (Å²) in [6, 6.07) is -0.639. The molecule has 0 aliphatic heterocycles. The molecule has 0 bridgehead atoms. The fourth-order valence-corrected chi connectivity index (χ4v) is 3.09. The largest absolute Gasteiger partial charge is 0.394 e. The van der Waals surface area contributed by atoms with E-state index < -0.39 is 31.0 Å². The Bertz CT molecular complexity index is 641. The average molecular weight is 430 g/mol. The van der Waals surface area contributed by atoms with Gasteiger partial charge in [-0.1, -0.05) is 11.6 Å². The van der Waals surface area contributed by atoms with E-state index in [-0.39, 0.29) is 18.2 Å². The van der Waals surface area contributed by atoms with Gasteiger partial charge in [-0.3, -0.25) is 9.48 Å². The molecule has 1 amide bonds. The number of Topliss-reactive ketones (excluding diaryl/α,β-unsaturated/α-hetero) is 1. The summed E-state index contributed by atoms with van der Waals surface area (Å²) < 4.78 is 7.00. The van der Waals surface area contributed by atoms with Crippen molar-refractivity contribution >= 4 is 11.7 Å². The van der Waals surface area contributed by atoms with Gasteiger partial charge < -0.3 is 35.5 Å². The number of hydrogen-bond donors (Lipinski definition) is 5. The smallest absolute Gasteiger partial charge is 0.217 e. The van der Waals surface area contributed by atoms with Crippen molar-refractivity contribution in [1.82, 2.24) is 25.6 Å². The number of nitrogens with one attached hydrogen (secondary N) is 2. The van der Waals surface area contributed by atoms with Crippen LogP contribution in [0.5, 0.6) is 0 Å². The van der Waals surface area contributed by atoms with Crippen LogP contribution in [0.4, 0.5) is 0 Å². The normalized spacial score (nSPS) is 15.4. The first-order valence-corrected chi connectivity index (χ1v) is 10.1. The third-order valence-corrected chi connectivity index (χ3v) is 4.65. The predicted octanol–water partition coefficient (Wildman–Crippen LogP) is -1.25. The van der Waals surface area contributed by atoms with E-state index in [2.05, 4.69) is 20.9 Å². The van der Waals surface area contributed by atoms with E-state index in [4.69, 9.17) is 9.84 Å². The maximum atomic E-state index is 11.5. The van der Waals surface area contributed by atoms with Gasteiger partial charge in [-0.25, -0.2) is 0 Å². The number of hydrogen-bond acceptors (Lipinski definition) is 9. The summed E-state index contributed by atoms with van der Waals surface area (Å²) in [6.45, 7) is 3.66. The van der Waals surface area contributed by atoms with Gasteiger partial charge in [0.25, 0.3) is 0 Å². The van der Waals surface area contributed by atoms with Crippen LogP contribution in [0, 0.1) is 0 Å². The highest BCUT2D eigenvalue weighted by atomic mass is 16.5. The SMILES string of the molecule is CO[C@H](C(CNCc1cn(CCCCCC(C)=O)nn1)NC(C)=O)[C@H](O)C(O)CO. The van der Waals surface area contributed by atoms with Crippen LogP contribution in [0.15, 0.2) is 6.20 Å². The van der Waals surface area contributed by atoms with Crippen molar-refractivity contribution in [2.45, 2.75) is 77.0 Å². The lowest BCUT2D eigenvalue weighted by Crippen LogP contribution is -2.56. The van der Waals surface area contributed by atoms with E-state index in [0.717, 1.165) is 25.8 Å². The minimum Gasteiger partial charge on any atom is -0.394 e. The molecule has 1 aromatic heterocycles. The summed E-state index contributed by atoms with van der Waals surface area (Å²) in [7, 11) is 1.36. The molecule has 2 unspecified atom stereocenters. The van der Waals surface area contributed by atoms with Crippen molar-refractivity contribution in [2.75, 3.05) is 20.3 Å². The predicted molar refractivity (Wildman–Crippen MR) is 108 cm³/mol. The summed E-state index contributed by atoms with van der Waals surface area (Å²) in [6.07, 6.45) is 1.48. The van der Waals surface area contributed by atoms with Crippen LogP contribution in [0.1, 0.15) is 45.2 Å². The Morgan fingerprint density at radius 3 is 2.57 bits per heavy atom. The molecule has 30 heavy (non-hydrogen) atoms. The summed E-state index contributed by atoms with van der Waals surface area (Å²) in [5.41, 5.74) is 0.713. The van der Waals surface area contributed by atoms with E-state index in [1.54, 1.807) is 11.6 Å². The Labute approximate surface area is 176 Å². The van der Waals surface area contributed by atoms with Gasteiger partial charge in [0, 0.05) is 46.3 Å². The monoisotopic (exact) mass is 429 g/mol. The first-order chi connectivity index (χ1) is 14.3. The first kappa shape index (κ1) is 26.1. The Hall–Kier alpha value is -1.92. The van der Waals surface area contributed by atoms with Gasteiger partial charge in [0.05, 0.1) is 18.3 Å². The van der Waals surface area contributed by atoms with E-state index >= 15 is 0 Å². The fraction of sp³-hybridized carbons (Fsp3) is 0.789. The van der Waals surface area contributed by atoms with Crippen LogP contribution < -0.4 is 10.6 Å². The Morgan fingerprint density at radius 1 is 1.23 bits per heavy atom. The molecular formula is C19H35N5O6. The third kappa shape index (κ3) is 9.72. The number of nitrogens with zero attached hydrogens (tertiary/aromatic N) is 3. The molecular weight excluding hydrogens is 394 g/mol. The van der Waals surface area contributed by atoms with Crippen LogP contribution >= 0.6 is 0 Å². The molecule has 0 saturated carbocycles. The lowest BCUT2D eigenvalue weighted by Gasteiger charge is -2.32. The molecule has 0 radical (unpaired) electrons. The number of carbonyl (C=O) groups excluding carboxylic acids is 2. The van der Waals surface area contributed by atoms with Crippen molar-refractivity contribution in [1.29, 1.82) is 0 Å². The molecule has 0 aromatic carbocycles. The summed E-state index contributed by atoms with van der Waals surface area (Å²) in [5.74, 6) is -0.110. The van der Waals surface area contributed by atoms with Gasteiger partial charge in [-0.05, 0) is 19.8 Å². The molecule has 0 fully saturated rings. The maximum absolute atomic E-state index is 11.5. The molecule has 0 saturated heterocycles. The number of amides is 1. The Kier molecular flexibility index (Phi) is 12.3.